The lowest BCUT2D eigenvalue weighted by Gasteiger charge is -2.32. The summed E-state index contributed by atoms with van der Waals surface area (Å²) in [5.41, 5.74) is 3.39. The van der Waals surface area contributed by atoms with Gasteiger partial charge in [-0.05, 0) is 54.5 Å². The molecule has 0 bridgehead atoms. The highest BCUT2D eigenvalue weighted by atomic mass is 32.1. The minimum Gasteiger partial charge on any atom is -0.423 e. The highest BCUT2D eigenvalue weighted by molar-refractivity contribution is 7.27. The molecule has 1 fully saturated rings. The van der Waals surface area contributed by atoms with E-state index in [0.717, 1.165) is 42.4 Å². The van der Waals surface area contributed by atoms with Gasteiger partial charge in [-0.1, -0.05) is 37.3 Å². The molecule has 3 aromatic rings. The van der Waals surface area contributed by atoms with Gasteiger partial charge in [-0.3, -0.25) is 4.79 Å². The summed E-state index contributed by atoms with van der Waals surface area (Å²) in [6.07, 6.45) is 2.98. The number of rotatable bonds is 4. The molecule has 1 saturated heterocycles. The Balaban J connectivity index is 1.50. The zero-order chi connectivity index (χ0) is 19.7. The van der Waals surface area contributed by atoms with E-state index in [9.17, 15) is 14.8 Å². The lowest BCUT2D eigenvalue weighted by Crippen LogP contribution is -2.38. The summed E-state index contributed by atoms with van der Waals surface area (Å²) in [7, 11) is -1.50. The van der Waals surface area contributed by atoms with Gasteiger partial charge in [-0.25, -0.2) is 0 Å². The predicted molar refractivity (Wildman–Crippen MR) is 115 cm³/mol. The number of aryl methyl sites for hydroxylation is 1. The first-order valence-electron chi connectivity index (χ1n) is 9.83. The van der Waals surface area contributed by atoms with E-state index in [0.29, 0.717) is 16.3 Å². The quantitative estimate of drug-likeness (QED) is 0.670. The second-order valence-corrected chi connectivity index (χ2v) is 8.52. The van der Waals surface area contributed by atoms with E-state index < -0.39 is 7.12 Å². The monoisotopic (exact) mass is 393 g/mol. The van der Waals surface area contributed by atoms with Crippen LogP contribution in [0.15, 0.2) is 48.5 Å². The summed E-state index contributed by atoms with van der Waals surface area (Å²) in [6, 6.07) is 16.1. The Hall–Kier alpha value is -2.15. The fraction of sp³-hybridized carbons (Fsp3) is 0.318. The second-order valence-electron chi connectivity index (χ2n) is 7.40. The molecule has 2 aromatic carbocycles. The van der Waals surface area contributed by atoms with Crippen LogP contribution < -0.4 is 4.78 Å². The maximum Gasteiger partial charge on any atom is 0.499 e. The SMILES string of the molecule is CCc1cccc(C2CCN(C(=O)c3cccc4sc(B(O)O)cc34)CC2)c1. The topological polar surface area (TPSA) is 60.8 Å². The molecular weight excluding hydrogens is 369 g/mol. The van der Waals surface area contributed by atoms with E-state index in [1.807, 2.05) is 23.1 Å². The lowest BCUT2D eigenvalue weighted by atomic mass is 9.87. The molecule has 0 spiro atoms. The van der Waals surface area contributed by atoms with Crippen molar-refractivity contribution in [1.82, 2.24) is 4.90 Å². The van der Waals surface area contributed by atoms with Crippen molar-refractivity contribution >= 4 is 39.2 Å². The van der Waals surface area contributed by atoms with Gasteiger partial charge in [-0.2, -0.15) is 0 Å². The molecule has 28 heavy (non-hydrogen) atoms. The number of fused-ring (bicyclic) bond motifs is 1. The van der Waals surface area contributed by atoms with Crippen LogP contribution >= 0.6 is 11.3 Å². The predicted octanol–water partition coefficient (Wildman–Crippen LogP) is 3.16. The Morgan fingerprint density at radius 3 is 2.61 bits per heavy atom. The third kappa shape index (κ3) is 3.72. The van der Waals surface area contributed by atoms with Crippen molar-refractivity contribution in [3.05, 3.63) is 65.2 Å². The van der Waals surface area contributed by atoms with Gasteiger partial charge in [0.1, 0.15) is 0 Å². The van der Waals surface area contributed by atoms with E-state index in [1.54, 1.807) is 6.07 Å². The smallest absolute Gasteiger partial charge is 0.423 e. The van der Waals surface area contributed by atoms with Gasteiger partial charge >= 0.3 is 7.12 Å². The van der Waals surface area contributed by atoms with Crippen LogP contribution in [-0.2, 0) is 6.42 Å². The third-order valence-corrected chi connectivity index (χ3v) is 6.82. The molecule has 0 atom stereocenters. The van der Waals surface area contributed by atoms with Crippen molar-refractivity contribution in [1.29, 1.82) is 0 Å². The number of piperidine rings is 1. The number of carbonyl (C=O) groups excluding carboxylic acids is 1. The number of nitrogens with zero attached hydrogens (tertiary/aromatic N) is 1. The summed E-state index contributed by atoms with van der Waals surface area (Å²) in [5.74, 6) is 0.534. The van der Waals surface area contributed by atoms with Gasteiger partial charge < -0.3 is 14.9 Å². The largest absolute Gasteiger partial charge is 0.499 e. The Bertz CT molecular complexity index is 992. The first kappa shape index (κ1) is 19.2. The average Bonchev–Trinajstić information content (AvgIpc) is 3.18. The van der Waals surface area contributed by atoms with Crippen molar-refractivity contribution in [2.24, 2.45) is 0 Å². The highest BCUT2D eigenvalue weighted by Gasteiger charge is 2.26. The van der Waals surface area contributed by atoms with Gasteiger partial charge in [0.25, 0.3) is 5.91 Å². The van der Waals surface area contributed by atoms with Crippen LogP contribution in [-0.4, -0.2) is 41.1 Å². The van der Waals surface area contributed by atoms with Crippen molar-refractivity contribution in [3.63, 3.8) is 0 Å². The molecule has 4 rings (SSSR count). The molecule has 1 aliphatic heterocycles. The van der Waals surface area contributed by atoms with E-state index in [-0.39, 0.29) is 5.91 Å². The number of hydrogen-bond acceptors (Lipinski definition) is 4. The number of hydrogen-bond donors (Lipinski definition) is 2. The second kappa shape index (κ2) is 8.07. The molecule has 0 aliphatic carbocycles. The normalized spacial score (nSPS) is 15.2. The summed E-state index contributed by atoms with van der Waals surface area (Å²) in [4.78, 5) is 15.1. The number of amides is 1. The van der Waals surface area contributed by atoms with Crippen LogP contribution in [0, 0.1) is 0 Å². The molecule has 4 nitrogen and oxygen atoms in total. The maximum absolute atomic E-state index is 13.1. The zero-order valence-electron chi connectivity index (χ0n) is 16.0. The fourth-order valence-electron chi connectivity index (χ4n) is 4.05. The molecule has 2 heterocycles. The van der Waals surface area contributed by atoms with Crippen LogP contribution in [0.1, 0.15) is 47.2 Å². The summed E-state index contributed by atoms with van der Waals surface area (Å²) in [6.45, 7) is 3.67. The van der Waals surface area contributed by atoms with E-state index in [4.69, 9.17) is 0 Å². The number of likely N-dealkylation sites (tertiary alicyclic amines) is 1. The maximum atomic E-state index is 13.1. The van der Waals surface area contributed by atoms with Crippen molar-refractivity contribution in [2.75, 3.05) is 13.1 Å². The molecule has 1 aromatic heterocycles. The van der Waals surface area contributed by atoms with Crippen molar-refractivity contribution < 1.29 is 14.8 Å². The minimum atomic E-state index is -1.50. The van der Waals surface area contributed by atoms with Crippen molar-refractivity contribution in [2.45, 2.75) is 32.1 Å². The van der Waals surface area contributed by atoms with Crippen LogP contribution in [0.3, 0.4) is 0 Å². The molecule has 144 valence electrons. The van der Waals surface area contributed by atoms with Gasteiger partial charge in [0.05, 0.1) is 0 Å². The molecular formula is C22H24BNO3S. The molecule has 0 saturated carbocycles. The molecule has 0 unspecified atom stereocenters. The van der Waals surface area contributed by atoms with Crippen molar-refractivity contribution in [3.8, 4) is 0 Å². The van der Waals surface area contributed by atoms with Crippen LogP contribution in [0.25, 0.3) is 10.1 Å². The molecule has 1 aliphatic rings. The number of thiophene rings is 1. The van der Waals surface area contributed by atoms with Gasteiger partial charge in [0.15, 0.2) is 0 Å². The third-order valence-electron chi connectivity index (χ3n) is 5.68. The molecule has 6 heteroatoms. The van der Waals surface area contributed by atoms with Gasteiger partial charge in [0.2, 0.25) is 0 Å². The van der Waals surface area contributed by atoms with E-state index in [1.165, 1.54) is 22.5 Å². The Kier molecular flexibility index (Phi) is 5.53. The van der Waals surface area contributed by atoms with E-state index >= 15 is 0 Å². The summed E-state index contributed by atoms with van der Waals surface area (Å²) < 4.78 is 1.37. The average molecular weight is 393 g/mol. The van der Waals surface area contributed by atoms with Gasteiger partial charge in [0, 0.05) is 33.5 Å². The molecule has 1 amide bonds. The van der Waals surface area contributed by atoms with Crippen LogP contribution in [0.5, 0.6) is 0 Å². The van der Waals surface area contributed by atoms with Crippen LogP contribution in [0.2, 0.25) is 0 Å². The number of benzene rings is 2. The Morgan fingerprint density at radius 1 is 1.14 bits per heavy atom. The first-order valence-corrected chi connectivity index (χ1v) is 10.6. The Labute approximate surface area is 169 Å². The van der Waals surface area contributed by atoms with Gasteiger partial charge in [-0.15, -0.1) is 11.3 Å². The fourth-order valence-corrected chi connectivity index (χ4v) is 5.01. The molecule has 0 radical (unpaired) electrons. The lowest BCUT2D eigenvalue weighted by molar-refractivity contribution is 0.0715. The standard InChI is InChI=1S/C22H24BNO3S/c1-2-15-5-3-6-17(13-15)16-9-11-24(12-10-16)22(25)18-7-4-8-20-19(18)14-21(28-20)23(26)27/h3-8,13-14,16,26-27H,2,9-12H2,1H3. The number of carbonyl (C=O) groups is 1. The first-order chi connectivity index (χ1) is 13.6. The summed E-state index contributed by atoms with van der Waals surface area (Å²) >= 11 is 1.31. The highest BCUT2D eigenvalue weighted by Crippen LogP contribution is 2.31. The minimum absolute atomic E-state index is 0.0307. The molecule has 2 N–H and O–H groups in total. The van der Waals surface area contributed by atoms with E-state index in [2.05, 4.69) is 31.2 Å². The van der Waals surface area contributed by atoms with Crippen LogP contribution in [0.4, 0.5) is 0 Å². The zero-order valence-corrected chi connectivity index (χ0v) is 16.8. The summed E-state index contributed by atoms with van der Waals surface area (Å²) in [5, 5.41) is 19.7. The Morgan fingerprint density at radius 2 is 1.89 bits per heavy atom.